The minimum absolute atomic E-state index is 0.0250. The molecule has 0 amide bonds. The third kappa shape index (κ3) is 1.02. The average molecular weight is 190 g/mol. The van der Waals surface area contributed by atoms with Crippen molar-refractivity contribution in [3.63, 3.8) is 0 Å². The van der Waals surface area contributed by atoms with Crippen LogP contribution in [0.25, 0.3) is 11.0 Å². The van der Waals surface area contributed by atoms with Crippen molar-refractivity contribution in [2.45, 2.75) is 6.92 Å². The Morgan fingerprint density at radius 3 is 3.00 bits per heavy atom. The van der Waals surface area contributed by atoms with Crippen LogP contribution in [0.1, 0.15) is 11.3 Å². The largest absolute Gasteiger partial charge is 0.427 e. The number of aromatic nitrogens is 2. The average Bonchev–Trinajstić information content (AvgIpc) is 2.43. The third-order valence-electron chi connectivity index (χ3n) is 2.15. The summed E-state index contributed by atoms with van der Waals surface area (Å²) < 4.78 is 0.988. The molecule has 5 heteroatoms. The van der Waals surface area contributed by atoms with Gasteiger partial charge in [-0.3, -0.25) is 5.41 Å². The zero-order valence-corrected chi connectivity index (χ0v) is 7.65. The van der Waals surface area contributed by atoms with Crippen molar-refractivity contribution >= 4 is 16.9 Å². The van der Waals surface area contributed by atoms with Gasteiger partial charge in [-0.1, -0.05) is 0 Å². The number of rotatable bonds is 1. The molecule has 0 radical (unpaired) electrons. The number of aryl methyl sites for hydroxylation is 1. The standard InChI is InChI=1S/C9H10N4O/c1-5-4-7-6(8(10)11)2-3-12-9(7)13(5)14/h2-4,14H,1H3,(H3,10,11). The Hall–Kier alpha value is -2.04. The van der Waals surface area contributed by atoms with Gasteiger partial charge in [0.2, 0.25) is 0 Å². The highest BCUT2D eigenvalue weighted by molar-refractivity contribution is 6.06. The van der Waals surface area contributed by atoms with E-state index in [9.17, 15) is 5.21 Å². The van der Waals surface area contributed by atoms with E-state index in [1.165, 1.54) is 6.20 Å². The molecular formula is C9H10N4O. The lowest BCUT2D eigenvalue weighted by molar-refractivity contribution is 0.192. The molecule has 0 saturated carbocycles. The monoisotopic (exact) mass is 190 g/mol. The van der Waals surface area contributed by atoms with E-state index in [0.717, 1.165) is 4.73 Å². The smallest absolute Gasteiger partial charge is 0.176 e. The van der Waals surface area contributed by atoms with Crippen molar-refractivity contribution < 1.29 is 5.21 Å². The SMILES string of the molecule is Cc1cc2c(C(=N)N)ccnc2n1O. The Bertz CT molecular complexity index is 515. The van der Waals surface area contributed by atoms with Gasteiger partial charge in [0.15, 0.2) is 5.65 Å². The molecule has 2 heterocycles. The molecule has 0 atom stereocenters. The molecule has 0 aliphatic heterocycles. The van der Waals surface area contributed by atoms with E-state index in [2.05, 4.69) is 4.98 Å². The molecule has 5 nitrogen and oxygen atoms in total. The first-order valence-electron chi connectivity index (χ1n) is 4.12. The van der Waals surface area contributed by atoms with E-state index in [0.29, 0.717) is 22.3 Å². The first-order chi connectivity index (χ1) is 6.61. The maximum atomic E-state index is 9.55. The molecule has 14 heavy (non-hydrogen) atoms. The summed E-state index contributed by atoms with van der Waals surface area (Å²) in [5.74, 6) is -0.0250. The second-order valence-corrected chi connectivity index (χ2v) is 3.11. The number of pyridine rings is 1. The normalized spacial score (nSPS) is 10.6. The molecule has 0 fully saturated rings. The minimum Gasteiger partial charge on any atom is -0.427 e. The molecule has 0 saturated heterocycles. The predicted octanol–water partition coefficient (Wildman–Crippen LogP) is 0.866. The van der Waals surface area contributed by atoms with Crippen LogP contribution in [0.2, 0.25) is 0 Å². The summed E-state index contributed by atoms with van der Waals surface area (Å²) in [6.45, 7) is 1.76. The number of amidine groups is 1. The second-order valence-electron chi connectivity index (χ2n) is 3.11. The summed E-state index contributed by atoms with van der Waals surface area (Å²) in [5.41, 5.74) is 7.09. The van der Waals surface area contributed by atoms with Crippen LogP contribution in [0.4, 0.5) is 0 Å². The van der Waals surface area contributed by atoms with Crippen molar-refractivity contribution in [3.8, 4) is 0 Å². The van der Waals surface area contributed by atoms with Gasteiger partial charge in [-0.15, -0.1) is 0 Å². The van der Waals surface area contributed by atoms with Gasteiger partial charge >= 0.3 is 0 Å². The van der Waals surface area contributed by atoms with E-state index in [-0.39, 0.29) is 5.84 Å². The lowest BCUT2D eigenvalue weighted by atomic mass is 10.1. The zero-order chi connectivity index (χ0) is 10.3. The Morgan fingerprint density at radius 1 is 1.64 bits per heavy atom. The van der Waals surface area contributed by atoms with Crippen LogP contribution in [0, 0.1) is 12.3 Å². The van der Waals surface area contributed by atoms with Crippen LogP contribution in [0.5, 0.6) is 0 Å². The van der Waals surface area contributed by atoms with E-state index in [4.69, 9.17) is 11.1 Å². The van der Waals surface area contributed by atoms with Crippen molar-refractivity contribution in [2.75, 3.05) is 0 Å². The van der Waals surface area contributed by atoms with Crippen LogP contribution in [-0.4, -0.2) is 20.8 Å². The molecule has 0 aromatic carbocycles. The highest BCUT2D eigenvalue weighted by Gasteiger charge is 2.10. The van der Waals surface area contributed by atoms with Crippen LogP contribution >= 0.6 is 0 Å². The first-order valence-corrected chi connectivity index (χ1v) is 4.12. The maximum Gasteiger partial charge on any atom is 0.176 e. The lowest BCUT2D eigenvalue weighted by Crippen LogP contribution is -2.11. The van der Waals surface area contributed by atoms with Gasteiger partial charge in [-0.25, -0.2) is 4.98 Å². The number of hydrogen-bond donors (Lipinski definition) is 3. The number of nitrogen functional groups attached to an aromatic ring is 1. The second kappa shape index (κ2) is 2.73. The van der Waals surface area contributed by atoms with Crippen LogP contribution < -0.4 is 5.73 Å². The van der Waals surface area contributed by atoms with Crippen molar-refractivity contribution in [2.24, 2.45) is 5.73 Å². The lowest BCUT2D eigenvalue weighted by Gasteiger charge is -1.99. The molecule has 4 N–H and O–H groups in total. The Morgan fingerprint density at radius 2 is 2.36 bits per heavy atom. The van der Waals surface area contributed by atoms with E-state index in [1.54, 1.807) is 19.1 Å². The fraction of sp³-hybridized carbons (Fsp3) is 0.111. The van der Waals surface area contributed by atoms with Crippen molar-refractivity contribution in [1.82, 2.24) is 9.71 Å². The van der Waals surface area contributed by atoms with Crippen LogP contribution in [0.3, 0.4) is 0 Å². The van der Waals surface area contributed by atoms with Crippen molar-refractivity contribution in [3.05, 3.63) is 29.6 Å². The highest BCUT2D eigenvalue weighted by atomic mass is 16.5. The number of nitrogens with two attached hydrogens (primary N) is 1. The minimum atomic E-state index is -0.0250. The molecule has 72 valence electrons. The predicted molar refractivity (Wildman–Crippen MR) is 52.7 cm³/mol. The van der Waals surface area contributed by atoms with Gasteiger partial charge in [-0.05, 0) is 19.1 Å². The van der Waals surface area contributed by atoms with E-state index in [1.807, 2.05) is 0 Å². The molecule has 2 aromatic heterocycles. The molecular weight excluding hydrogens is 180 g/mol. The number of fused-ring (bicyclic) bond motifs is 1. The molecule has 0 aliphatic carbocycles. The quantitative estimate of drug-likeness (QED) is 0.354. The molecule has 0 unspecified atom stereocenters. The fourth-order valence-corrected chi connectivity index (χ4v) is 1.45. The van der Waals surface area contributed by atoms with Gasteiger partial charge in [0.05, 0.1) is 5.69 Å². The Labute approximate surface area is 80.3 Å². The molecule has 2 aromatic rings. The third-order valence-corrected chi connectivity index (χ3v) is 2.15. The summed E-state index contributed by atoms with van der Waals surface area (Å²) in [5, 5.41) is 17.6. The molecule has 0 spiro atoms. The van der Waals surface area contributed by atoms with E-state index >= 15 is 0 Å². The van der Waals surface area contributed by atoms with Crippen molar-refractivity contribution in [1.29, 1.82) is 5.41 Å². The summed E-state index contributed by atoms with van der Waals surface area (Å²) in [6, 6.07) is 3.41. The highest BCUT2D eigenvalue weighted by Crippen LogP contribution is 2.19. The molecule has 0 bridgehead atoms. The zero-order valence-electron chi connectivity index (χ0n) is 7.65. The number of nitrogens with zero attached hydrogens (tertiary/aromatic N) is 2. The summed E-state index contributed by atoms with van der Waals surface area (Å²) in [7, 11) is 0. The topological polar surface area (TPSA) is 87.9 Å². The van der Waals surface area contributed by atoms with Gasteiger partial charge in [0.25, 0.3) is 0 Å². The Kier molecular flexibility index (Phi) is 1.67. The van der Waals surface area contributed by atoms with Crippen LogP contribution in [0.15, 0.2) is 18.3 Å². The summed E-state index contributed by atoms with van der Waals surface area (Å²) in [6.07, 6.45) is 1.52. The summed E-state index contributed by atoms with van der Waals surface area (Å²) in [4.78, 5) is 4.01. The van der Waals surface area contributed by atoms with Crippen LogP contribution in [-0.2, 0) is 0 Å². The Balaban J connectivity index is 2.88. The molecule has 2 rings (SSSR count). The van der Waals surface area contributed by atoms with Gasteiger partial charge < -0.3 is 10.9 Å². The summed E-state index contributed by atoms with van der Waals surface area (Å²) >= 11 is 0. The fourth-order valence-electron chi connectivity index (χ4n) is 1.45. The van der Waals surface area contributed by atoms with Gasteiger partial charge in [-0.2, -0.15) is 4.73 Å². The van der Waals surface area contributed by atoms with E-state index < -0.39 is 0 Å². The van der Waals surface area contributed by atoms with Gasteiger partial charge in [0.1, 0.15) is 5.84 Å². The number of hydrogen-bond acceptors (Lipinski definition) is 3. The first kappa shape index (κ1) is 8.55. The maximum absolute atomic E-state index is 9.55. The molecule has 0 aliphatic rings. The number of nitrogens with one attached hydrogen (secondary N) is 1. The van der Waals surface area contributed by atoms with Gasteiger partial charge in [0, 0.05) is 17.1 Å².